The van der Waals surface area contributed by atoms with Gasteiger partial charge >= 0.3 is 6.03 Å². The Balaban J connectivity index is 1.29. The summed E-state index contributed by atoms with van der Waals surface area (Å²) in [5.41, 5.74) is 2.60. The molecule has 256 valence electrons. The highest BCUT2D eigenvalue weighted by Gasteiger charge is 2.44. The second kappa shape index (κ2) is 14.7. The van der Waals surface area contributed by atoms with Gasteiger partial charge in [-0.25, -0.2) is 14.5 Å². The maximum absolute atomic E-state index is 12.6. The molecule has 17 nitrogen and oxygen atoms in total. The number of phenolic OH excluding ortho intramolecular Hbond substituents is 1. The number of urea groups is 1. The summed E-state index contributed by atoms with van der Waals surface area (Å²) >= 11 is 0. The normalized spacial score (nSPS) is 19.4. The van der Waals surface area contributed by atoms with E-state index in [1.54, 1.807) is 22.8 Å². The van der Waals surface area contributed by atoms with Crippen molar-refractivity contribution < 1.29 is 35.1 Å². The van der Waals surface area contributed by atoms with Gasteiger partial charge < -0.3 is 51.4 Å². The molecule has 3 aromatic heterocycles. The topological polar surface area (TPSA) is 245 Å². The van der Waals surface area contributed by atoms with E-state index < -0.39 is 48.9 Å². The van der Waals surface area contributed by atoms with E-state index >= 15 is 0 Å². The van der Waals surface area contributed by atoms with Crippen LogP contribution in [-0.4, -0.2) is 104 Å². The minimum absolute atomic E-state index is 0.0690. The number of fused-ring (bicyclic) bond motifs is 1. The summed E-state index contributed by atoms with van der Waals surface area (Å²) in [6, 6.07) is 13.5. The van der Waals surface area contributed by atoms with Crippen molar-refractivity contribution in [3.8, 4) is 11.7 Å². The number of phenols is 1. The molecule has 9 N–H and O–H groups in total. The Morgan fingerprint density at radius 2 is 1.80 bits per heavy atom. The van der Waals surface area contributed by atoms with E-state index in [0.717, 1.165) is 5.56 Å². The number of nitrogens with one attached hydrogen (secondary N) is 4. The molecule has 0 aliphatic heterocycles. The summed E-state index contributed by atoms with van der Waals surface area (Å²) in [5, 5.41) is 66.3. The Morgan fingerprint density at radius 1 is 1.00 bits per heavy atom. The van der Waals surface area contributed by atoms with Crippen LogP contribution in [0.5, 0.6) is 5.75 Å². The summed E-state index contributed by atoms with van der Waals surface area (Å²) in [5.74, 6) is -0.265. The van der Waals surface area contributed by atoms with E-state index in [1.807, 2.05) is 30.3 Å². The van der Waals surface area contributed by atoms with Crippen LogP contribution in [0.25, 0.3) is 17.1 Å². The molecular formula is C32H36N10O7. The Bertz CT molecular complexity index is 1920. The summed E-state index contributed by atoms with van der Waals surface area (Å²) in [6.45, 7) is -0.823. The van der Waals surface area contributed by atoms with Crippen molar-refractivity contribution in [3.63, 3.8) is 0 Å². The molecule has 1 saturated carbocycles. The van der Waals surface area contributed by atoms with Crippen molar-refractivity contribution in [2.45, 2.75) is 49.7 Å². The second-order valence-electron chi connectivity index (χ2n) is 11.7. The van der Waals surface area contributed by atoms with Gasteiger partial charge in [0.25, 0.3) is 5.95 Å². The van der Waals surface area contributed by atoms with Gasteiger partial charge in [0.1, 0.15) is 24.6 Å². The molecule has 1 aliphatic carbocycles. The summed E-state index contributed by atoms with van der Waals surface area (Å²) in [6.07, 6.45) is 2.31. The number of aliphatic hydroxyl groups excluding tert-OH is 4. The predicted octanol–water partition coefficient (Wildman–Crippen LogP) is 0.199. The second-order valence-corrected chi connectivity index (χ2v) is 11.7. The van der Waals surface area contributed by atoms with Crippen molar-refractivity contribution in [2.75, 3.05) is 23.8 Å². The average molecular weight is 673 g/mol. The number of amides is 3. The molecule has 49 heavy (non-hydrogen) atoms. The molecule has 17 heteroatoms. The number of benzene rings is 2. The Labute approximate surface area is 279 Å². The van der Waals surface area contributed by atoms with Gasteiger partial charge in [-0.2, -0.15) is 15.1 Å². The third-order valence-corrected chi connectivity index (χ3v) is 8.20. The maximum atomic E-state index is 12.6. The molecule has 6 rings (SSSR count). The molecule has 0 bridgehead atoms. The molecule has 1 fully saturated rings. The van der Waals surface area contributed by atoms with Crippen LogP contribution in [0.4, 0.5) is 16.3 Å². The van der Waals surface area contributed by atoms with Crippen LogP contribution in [0.1, 0.15) is 23.6 Å². The molecular weight excluding hydrogens is 636 g/mol. The highest BCUT2D eigenvalue weighted by atomic mass is 16.3. The van der Waals surface area contributed by atoms with Crippen LogP contribution in [-0.2, 0) is 17.8 Å². The van der Waals surface area contributed by atoms with Gasteiger partial charge in [0.15, 0.2) is 17.0 Å². The Kier molecular flexibility index (Phi) is 9.95. The van der Waals surface area contributed by atoms with Gasteiger partial charge in [0.05, 0.1) is 49.1 Å². The van der Waals surface area contributed by atoms with E-state index in [0.29, 0.717) is 23.2 Å². The lowest BCUT2D eigenvalue weighted by Crippen LogP contribution is -2.44. The van der Waals surface area contributed by atoms with Crippen LogP contribution < -0.4 is 21.3 Å². The zero-order valence-electron chi connectivity index (χ0n) is 26.1. The van der Waals surface area contributed by atoms with E-state index in [2.05, 4.69) is 41.3 Å². The average Bonchev–Trinajstić information content (AvgIpc) is 3.82. The fraction of sp³-hybridized carbons (Fsp3) is 0.312. The first-order valence-corrected chi connectivity index (χ1v) is 15.5. The van der Waals surface area contributed by atoms with Gasteiger partial charge in [-0.3, -0.25) is 4.79 Å². The van der Waals surface area contributed by atoms with Crippen molar-refractivity contribution in [3.05, 3.63) is 84.4 Å². The third kappa shape index (κ3) is 7.60. The van der Waals surface area contributed by atoms with Crippen molar-refractivity contribution in [1.82, 2.24) is 39.9 Å². The molecule has 0 radical (unpaired) electrons. The van der Waals surface area contributed by atoms with E-state index in [9.17, 15) is 30.0 Å². The number of anilines is 2. The summed E-state index contributed by atoms with van der Waals surface area (Å²) in [7, 11) is 0. The zero-order chi connectivity index (χ0) is 34.5. The van der Waals surface area contributed by atoms with Crippen molar-refractivity contribution in [1.29, 1.82) is 0 Å². The third-order valence-electron chi connectivity index (χ3n) is 8.20. The van der Waals surface area contributed by atoms with Gasteiger partial charge in [0.2, 0.25) is 5.91 Å². The van der Waals surface area contributed by atoms with Gasteiger partial charge in [-0.15, -0.1) is 0 Å². The van der Waals surface area contributed by atoms with Crippen LogP contribution in [0.3, 0.4) is 0 Å². The number of aliphatic hydroxyl groups is 4. The summed E-state index contributed by atoms with van der Waals surface area (Å²) < 4.78 is 2.91. The van der Waals surface area contributed by atoms with Crippen molar-refractivity contribution in [2.24, 2.45) is 0 Å². The highest BCUT2D eigenvalue weighted by molar-refractivity contribution is 5.89. The number of nitrogens with zero attached hydrogens (tertiary/aromatic N) is 6. The number of aromatic nitrogens is 6. The minimum Gasteiger partial charge on any atom is -0.508 e. The quantitative estimate of drug-likeness (QED) is 0.0863. The van der Waals surface area contributed by atoms with Gasteiger partial charge in [-0.05, 0) is 36.1 Å². The van der Waals surface area contributed by atoms with Crippen molar-refractivity contribution >= 4 is 34.6 Å². The molecule has 2 aromatic carbocycles. The first kappa shape index (κ1) is 33.3. The molecule has 0 unspecified atom stereocenters. The first-order valence-electron chi connectivity index (χ1n) is 15.5. The molecule has 5 atom stereocenters. The largest absolute Gasteiger partial charge is 0.508 e. The monoisotopic (exact) mass is 672 g/mol. The highest BCUT2D eigenvalue weighted by Crippen LogP contribution is 2.34. The zero-order valence-corrected chi connectivity index (χ0v) is 26.1. The number of hydrogen-bond donors (Lipinski definition) is 9. The number of carbonyl (C=O) groups excluding carboxylic acids is 2. The lowest BCUT2D eigenvalue weighted by atomic mass is 10.1. The Morgan fingerprint density at radius 3 is 2.55 bits per heavy atom. The smallest absolute Gasteiger partial charge is 0.319 e. The van der Waals surface area contributed by atoms with Gasteiger partial charge in [0, 0.05) is 6.54 Å². The number of hydrogen-bond acceptors (Lipinski definition) is 12. The molecule has 3 amide bonds. The SMILES string of the molecule is O=C(CO)N[C@H]1C[C@@H](n2cnc3c(N[C@H](CO)Cc4ccccc4)nc(-n4cc(NC(=O)NCc5cccc(O)c5)cn4)nc32)[C@H](O)[C@@H]1O. The van der Waals surface area contributed by atoms with Gasteiger partial charge in [-0.1, -0.05) is 42.5 Å². The molecule has 1 aliphatic rings. The molecule has 0 saturated heterocycles. The fourth-order valence-electron chi connectivity index (χ4n) is 5.80. The Hall–Kier alpha value is -5.62. The predicted molar refractivity (Wildman–Crippen MR) is 176 cm³/mol. The minimum atomic E-state index is -1.32. The summed E-state index contributed by atoms with van der Waals surface area (Å²) in [4.78, 5) is 38.3. The molecule has 5 aromatic rings. The van der Waals surface area contributed by atoms with E-state index in [4.69, 9.17) is 5.11 Å². The van der Waals surface area contributed by atoms with Crippen LogP contribution in [0, 0.1) is 0 Å². The number of aromatic hydroxyl groups is 1. The standard InChI is InChI=1S/C32H36N10O7/c43-15-20(9-18-5-2-1-3-6-18)36-29-26-30(41(17-34-26)24-11-23(27(47)28(24)48)38-25(46)16-44)40-31(39-29)42-14-21(13-35-42)37-32(49)33-12-19-7-4-8-22(45)10-19/h1-8,10,13-14,17,20,23-24,27-28,43-45,47-48H,9,11-12,15-16H2,(H,38,46)(H2,33,37,49)(H,36,39,40)/t20-,23-,24+,27+,28-/m0/s1. The van der Waals surface area contributed by atoms with Crippen LogP contribution in [0.15, 0.2) is 73.3 Å². The fourth-order valence-corrected chi connectivity index (χ4v) is 5.80. The lowest BCUT2D eigenvalue weighted by Gasteiger charge is -2.20. The van der Waals surface area contributed by atoms with E-state index in [-0.39, 0.29) is 42.7 Å². The molecule has 3 heterocycles. The number of carbonyl (C=O) groups is 2. The maximum Gasteiger partial charge on any atom is 0.319 e. The molecule has 0 spiro atoms. The van der Waals surface area contributed by atoms with E-state index in [1.165, 1.54) is 29.5 Å². The number of imidazole rings is 1. The van der Waals surface area contributed by atoms with Crippen LogP contribution in [0.2, 0.25) is 0 Å². The van der Waals surface area contributed by atoms with Crippen LogP contribution >= 0.6 is 0 Å². The lowest BCUT2D eigenvalue weighted by molar-refractivity contribution is -0.125. The first-order chi connectivity index (χ1) is 23.7. The number of rotatable bonds is 12.